The molecule has 5 heteroatoms. The van der Waals surface area contributed by atoms with Crippen LogP contribution in [0.1, 0.15) is 25.8 Å². The van der Waals surface area contributed by atoms with Crippen molar-refractivity contribution in [1.82, 2.24) is 5.32 Å². The molecule has 1 amide bonds. The second-order valence-electron chi connectivity index (χ2n) is 4.69. The quantitative estimate of drug-likeness (QED) is 0.816. The molecule has 0 aliphatic rings. The number of halogens is 1. The summed E-state index contributed by atoms with van der Waals surface area (Å²) in [5.41, 5.74) is 0.884. The monoisotopic (exact) mass is 283 g/mol. The largest absolute Gasteiger partial charge is 0.445 e. The van der Waals surface area contributed by atoms with E-state index in [9.17, 15) is 9.59 Å². The van der Waals surface area contributed by atoms with Crippen molar-refractivity contribution in [3.05, 3.63) is 35.9 Å². The Kier molecular flexibility index (Phi) is 6.36. The number of benzene rings is 1. The average Bonchev–Trinajstić information content (AvgIpc) is 2.36. The Morgan fingerprint density at radius 1 is 1.26 bits per heavy atom. The molecular weight excluding hydrogens is 266 g/mol. The summed E-state index contributed by atoms with van der Waals surface area (Å²) in [6, 6.07) is 8.61. The van der Waals surface area contributed by atoms with Gasteiger partial charge in [0.05, 0.1) is 0 Å². The number of alkyl carbamates (subject to hydrolysis) is 1. The third kappa shape index (κ3) is 6.25. The number of hydrogen-bond acceptors (Lipinski definition) is 3. The summed E-state index contributed by atoms with van der Waals surface area (Å²) >= 11 is 5.44. The van der Waals surface area contributed by atoms with Gasteiger partial charge in [0.2, 0.25) is 5.24 Å². The highest BCUT2D eigenvalue weighted by Crippen LogP contribution is 2.08. The predicted octanol–water partition coefficient (Wildman–Crippen LogP) is 3.09. The van der Waals surface area contributed by atoms with E-state index in [0.29, 0.717) is 6.42 Å². The second kappa shape index (κ2) is 7.79. The molecule has 1 unspecified atom stereocenters. The number of rotatable bonds is 6. The molecule has 4 nitrogen and oxygen atoms in total. The van der Waals surface area contributed by atoms with E-state index >= 15 is 0 Å². The molecule has 0 aliphatic carbocycles. The number of ether oxygens (including phenoxy) is 1. The zero-order valence-electron chi connectivity index (χ0n) is 11.1. The maximum absolute atomic E-state index is 11.6. The standard InChI is InChI=1S/C14H18ClNO3/c1-10(2)8-12(13(15)17)16-14(18)19-9-11-6-4-3-5-7-11/h3-7,10,12H,8-9H2,1-2H3,(H,16,18). The van der Waals surface area contributed by atoms with E-state index in [0.717, 1.165) is 5.56 Å². The molecule has 0 spiro atoms. The SMILES string of the molecule is CC(C)CC(NC(=O)OCc1ccccc1)C(=O)Cl. The van der Waals surface area contributed by atoms with Crippen molar-refractivity contribution in [3.8, 4) is 0 Å². The number of hydrogen-bond donors (Lipinski definition) is 1. The van der Waals surface area contributed by atoms with Gasteiger partial charge in [0, 0.05) is 0 Å². The Labute approximate surface area is 118 Å². The Balaban J connectivity index is 2.42. The first-order valence-electron chi connectivity index (χ1n) is 6.15. The zero-order valence-corrected chi connectivity index (χ0v) is 11.8. The number of carbonyl (C=O) groups excluding carboxylic acids is 2. The molecule has 1 aromatic rings. The molecule has 1 atom stereocenters. The summed E-state index contributed by atoms with van der Waals surface area (Å²) in [7, 11) is 0. The van der Waals surface area contributed by atoms with Gasteiger partial charge in [-0.05, 0) is 29.5 Å². The van der Waals surface area contributed by atoms with Crippen LogP contribution in [0.25, 0.3) is 0 Å². The van der Waals surface area contributed by atoms with Gasteiger partial charge in [-0.2, -0.15) is 0 Å². The molecule has 0 bridgehead atoms. The third-order valence-corrected chi connectivity index (χ3v) is 2.75. The summed E-state index contributed by atoms with van der Waals surface area (Å²) in [4.78, 5) is 22.8. The minimum Gasteiger partial charge on any atom is -0.445 e. The Hall–Kier alpha value is -1.55. The fourth-order valence-electron chi connectivity index (χ4n) is 1.59. The number of carbonyl (C=O) groups is 2. The maximum atomic E-state index is 11.6. The summed E-state index contributed by atoms with van der Waals surface area (Å²) in [5, 5.41) is 1.90. The Morgan fingerprint density at radius 2 is 1.89 bits per heavy atom. The van der Waals surface area contributed by atoms with Gasteiger partial charge in [0.15, 0.2) is 0 Å². The van der Waals surface area contributed by atoms with Gasteiger partial charge < -0.3 is 10.1 Å². The predicted molar refractivity (Wildman–Crippen MR) is 73.9 cm³/mol. The molecule has 0 saturated heterocycles. The van der Waals surface area contributed by atoms with Crippen LogP contribution in [0.15, 0.2) is 30.3 Å². The minimum atomic E-state index is -0.704. The molecule has 0 aromatic heterocycles. The van der Waals surface area contributed by atoms with Crippen molar-refractivity contribution in [2.24, 2.45) is 5.92 Å². The van der Waals surface area contributed by atoms with Gasteiger partial charge in [-0.1, -0.05) is 44.2 Å². The van der Waals surface area contributed by atoms with Crippen molar-refractivity contribution in [3.63, 3.8) is 0 Å². The minimum absolute atomic E-state index is 0.164. The first-order chi connectivity index (χ1) is 8.99. The average molecular weight is 284 g/mol. The molecule has 1 aromatic carbocycles. The molecule has 1 N–H and O–H groups in total. The van der Waals surface area contributed by atoms with E-state index in [4.69, 9.17) is 16.3 Å². The molecule has 0 heterocycles. The normalized spacial score (nSPS) is 12.0. The van der Waals surface area contributed by atoms with Crippen molar-refractivity contribution in [1.29, 1.82) is 0 Å². The van der Waals surface area contributed by atoms with Crippen LogP contribution < -0.4 is 5.32 Å². The summed E-state index contributed by atoms with van der Waals surface area (Å²) < 4.78 is 5.03. The van der Waals surface area contributed by atoms with Crippen LogP contribution in [0.3, 0.4) is 0 Å². The Morgan fingerprint density at radius 3 is 2.42 bits per heavy atom. The van der Waals surface area contributed by atoms with Crippen LogP contribution in [0.5, 0.6) is 0 Å². The van der Waals surface area contributed by atoms with E-state index in [2.05, 4.69) is 5.32 Å². The highest BCUT2D eigenvalue weighted by molar-refractivity contribution is 6.64. The maximum Gasteiger partial charge on any atom is 0.408 e. The zero-order chi connectivity index (χ0) is 14.3. The highest BCUT2D eigenvalue weighted by Gasteiger charge is 2.20. The van der Waals surface area contributed by atoms with E-state index in [1.165, 1.54) is 0 Å². The van der Waals surface area contributed by atoms with Crippen molar-refractivity contribution >= 4 is 22.9 Å². The number of nitrogens with one attached hydrogen (secondary N) is 1. The van der Waals surface area contributed by atoms with Gasteiger partial charge in [0.1, 0.15) is 12.6 Å². The van der Waals surface area contributed by atoms with Gasteiger partial charge in [-0.15, -0.1) is 0 Å². The van der Waals surface area contributed by atoms with E-state index in [1.807, 2.05) is 44.2 Å². The molecule has 0 aliphatic heterocycles. The van der Waals surface area contributed by atoms with Gasteiger partial charge in [-0.3, -0.25) is 4.79 Å². The third-order valence-electron chi connectivity index (χ3n) is 2.49. The lowest BCUT2D eigenvalue weighted by atomic mass is 10.1. The molecule has 1 rings (SSSR count). The molecular formula is C14H18ClNO3. The second-order valence-corrected chi connectivity index (χ2v) is 5.06. The first-order valence-corrected chi connectivity index (χ1v) is 6.53. The topological polar surface area (TPSA) is 55.4 Å². The molecule has 104 valence electrons. The van der Waals surface area contributed by atoms with E-state index in [-0.39, 0.29) is 12.5 Å². The first kappa shape index (κ1) is 15.5. The molecule has 0 saturated carbocycles. The summed E-state index contributed by atoms with van der Waals surface area (Å²) in [5.74, 6) is 0.252. The van der Waals surface area contributed by atoms with Gasteiger partial charge in [0.25, 0.3) is 0 Å². The highest BCUT2D eigenvalue weighted by atomic mass is 35.5. The van der Waals surface area contributed by atoms with Crippen LogP contribution in [0.2, 0.25) is 0 Å². The lowest BCUT2D eigenvalue weighted by molar-refractivity contribution is -0.113. The summed E-state index contributed by atoms with van der Waals surface area (Å²) in [6.07, 6.45) is -0.147. The molecule has 19 heavy (non-hydrogen) atoms. The molecule has 0 fully saturated rings. The fraction of sp³-hybridized carbons (Fsp3) is 0.429. The lowest BCUT2D eigenvalue weighted by Crippen LogP contribution is -2.40. The fourth-order valence-corrected chi connectivity index (χ4v) is 1.73. The van der Waals surface area contributed by atoms with Gasteiger partial charge in [-0.25, -0.2) is 4.79 Å². The van der Waals surface area contributed by atoms with Crippen molar-refractivity contribution < 1.29 is 14.3 Å². The van der Waals surface area contributed by atoms with Crippen molar-refractivity contribution in [2.75, 3.05) is 0 Å². The van der Waals surface area contributed by atoms with E-state index < -0.39 is 17.4 Å². The van der Waals surface area contributed by atoms with Crippen LogP contribution in [0.4, 0.5) is 4.79 Å². The Bertz CT molecular complexity index is 420. The van der Waals surface area contributed by atoms with E-state index in [1.54, 1.807) is 0 Å². The lowest BCUT2D eigenvalue weighted by Gasteiger charge is -2.16. The molecule has 0 radical (unpaired) electrons. The smallest absolute Gasteiger partial charge is 0.408 e. The van der Waals surface area contributed by atoms with Gasteiger partial charge >= 0.3 is 6.09 Å². The van der Waals surface area contributed by atoms with Crippen molar-refractivity contribution in [2.45, 2.75) is 32.9 Å². The van der Waals surface area contributed by atoms with Crippen LogP contribution in [0, 0.1) is 5.92 Å². The van der Waals surface area contributed by atoms with Crippen LogP contribution >= 0.6 is 11.6 Å². The summed E-state index contributed by atoms with van der Waals surface area (Å²) in [6.45, 7) is 4.06. The van der Waals surface area contributed by atoms with Crippen LogP contribution in [-0.2, 0) is 16.1 Å². The number of amides is 1. The van der Waals surface area contributed by atoms with Crippen LogP contribution in [-0.4, -0.2) is 17.4 Å².